The third-order valence-corrected chi connectivity index (χ3v) is 5.42. The normalized spacial score (nSPS) is 19.3. The molecule has 1 fully saturated rings. The second kappa shape index (κ2) is 6.99. The van der Waals surface area contributed by atoms with Gasteiger partial charge in [-0.05, 0) is 55.5 Å². The van der Waals surface area contributed by atoms with E-state index in [9.17, 15) is 14.4 Å². The van der Waals surface area contributed by atoms with Crippen LogP contribution in [0.25, 0.3) is 0 Å². The lowest BCUT2D eigenvalue weighted by molar-refractivity contribution is -0.131. The van der Waals surface area contributed by atoms with Gasteiger partial charge in [0.2, 0.25) is 0 Å². The van der Waals surface area contributed by atoms with E-state index in [1.807, 2.05) is 70.2 Å². The third-order valence-electron chi connectivity index (χ3n) is 5.42. The average molecular weight is 364 g/mol. The molecule has 1 aliphatic heterocycles. The van der Waals surface area contributed by atoms with Crippen molar-refractivity contribution in [2.75, 3.05) is 6.54 Å². The minimum absolute atomic E-state index is 0.237. The molecule has 0 spiro atoms. The first-order valence-corrected chi connectivity index (χ1v) is 9.11. The predicted molar refractivity (Wildman–Crippen MR) is 104 cm³/mol. The Bertz CT molecular complexity index is 921. The Hall–Kier alpha value is -2.95. The van der Waals surface area contributed by atoms with Gasteiger partial charge in [0, 0.05) is 5.56 Å². The van der Waals surface area contributed by atoms with E-state index in [1.165, 1.54) is 0 Å². The molecule has 3 amide bonds. The highest BCUT2D eigenvalue weighted by atomic mass is 16.2. The molecule has 0 bridgehead atoms. The lowest BCUT2D eigenvalue weighted by Crippen LogP contribution is -2.43. The van der Waals surface area contributed by atoms with Crippen molar-refractivity contribution in [2.45, 2.75) is 39.7 Å². The molecule has 1 saturated heterocycles. The first-order chi connectivity index (χ1) is 12.8. The van der Waals surface area contributed by atoms with Crippen molar-refractivity contribution in [3.05, 3.63) is 70.3 Å². The third kappa shape index (κ3) is 3.14. The Kier molecular flexibility index (Phi) is 4.87. The number of Topliss-reactive ketones (excluding diaryl/α,β-unsaturated/α-hetero) is 1. The summed E-state index contributed by atoms with van der Waals surface area (Å²) in [6.45, 7) is 7.39. The van der Waals surface area contributed by atoms with E-state index >= 15 is 0 Å². The van der Waals surface area contributed by atoms with Crippen LogP contribution in [-0.4, -0.2) is 29.2 Å². The second-order valence-corrected chi connectivity index (χ2v) is 7.12. The topological polar surface area (TPSA) is 66.5 Å². The molecule has 0 aliphatic carbocycles. The maximum Gasteiger partial charge on any atom is 0.325 e. The lowest BCUT2D eigenvalue weighted by atomic mass is 9.87. The largest absolute Gasteiger partial charge is 0.325 e. The summed E-state index contributed by atoms with van der Waals surface area (Å²) in [7, 11) is 0. The molecule has 5 nitrogen and oxygen atoms in total. The minimum Gasteiger partial charge on any atom is -0.319 e. The van der Waals surface area contributed by atoms with E-state index in [4.69, 9.17) is 0 Å². The van der Waals surface area contributed by atoms with Gasteiger partial charge >= 0.3 is 6.03 Å². The van der Waals surface area contributed by atoms with E-state index in [0.29, 0.717) is 12.0 Å². The molecule has 2 aromatic rings. The van der Waals surface area contributed by atoms with E-state index in [2.05, 4.69) is 5.32 Å². The molecule has 2 aromatic carbocycles. The maximum absolute atomic E-state index is 13.1. The highest BCUT2D eigenvalue weighted by molar-refractivity contribution is 6.11. The van der Waals surface area contributed by atoms with Crippen LogP contribution in [0.2, 0.25) is 0 Å². The summed E-state index contributed by atoms with van der Waals surface area (Å²) in [6, 6.07) is 12.4. The molecular formula is C22H24N2O3. The van der Waals surface area contributed by atoms with Gasteiger partial charge in [-0.3, -0.25) is 14.5 Å². The summed E-state index contributed by atoms with van der Waals surface area (Å²) in [5.41, 5.74) is 3.12. The molecule has 0 saturated carbocycles. The number of hydrogen-bond donors (Lipinski definition) is 1. The number of hydrogen-bond acceptors (Lipinski definition) is 3. The van der Waals surface area contributed by atoms with Crippen molar-refractivity contribution in [1.29, 1.82) is 0 Å². The molecule has 140 valence electrons. The zero-order chi connectivity index (χ0) is 19.8. The number of imide groups is 1. The Morgan fingerprint density at radius 2 is 1.63 bits per heavy atom. The van der Waals surface area contributed by atoms with Gasteiger partial charge in [-0.2, -0.15) is 0 Å². The van der Waals surface area contributed by atoms with Gasteiger partial charge in [-0.1, -0.05) is 43.3 Å². The predicted octanol–water partition coefficient (Wildman–Crippen LogP) is 3.65. The highest BCUT2D eigenvalue weighted by Gasteiger charge is 2.51. The van der Waals surface area contributed by atoms with E-state index in [-0.39, 0.29) is 18.2 Å². The van der Waals surface area contributed by atoms with Gasteiger partial charge in [0.05, 0.1) is 6.54 Å². The fourth-order valence-corrected chi connectivity index (χ4v) is 3.62. The number of carbonyl (C=O) groups excluding carboxylic acids is 3. The molecule has 27 heavy (non-hydrogen) atoms. The Labute approximate surface area is 159 Å². The van der Waals surface area contributed by atoms with Crippen molar-refractivity contribution < 1.29 is 14.4 Å². The van der Waals surface area contributed by atoms with Crippen molar-refractivity contribution in [1.82, 2.24) is 10.2 Å². The van der Waals surface area contributed by atoms with Gasteiger partial charge in [0.1, 0.15) is 5.54 Å². The fraction of sp³-hybridized carbons (Fsp3) is 0.318. The average Bonchev–Trinajstić information content (AvgIpc) is 2.90. The Morgan fingerprint density at radius 3 is 2.26 bits per heavy atom. The summed E-state index contributed by atoms with van der Waals surface area (Å²) >= 11 is 0. The Balaban J connectivity index is 1.90. The first-order valence-electron chi connectivity index (χ1n) is 9.11. The highest BCUT2D eigenvalue weighted by Crippen LogP contribution is 2.32. The van der Waals surface area contributed by atoms with Gasteiger partial charge < -0.3 is 5.32 Å². The van der Waals surface area contributed by atoms with Crippen LogP contribution in [0.15, 0.2) is 42.5 Å². The maximum atomic E-state index is 13.1. The molecule has 0 aromatic heterocycles. The molecule has 3 rings (SSSR count). The van der Waals surface area contributed by atoms with E-state index in [0.717, 1.165) is 27.2 Å². The number of nitrogens with one attached hydrogen (secondary N) is 1. The lowest BCUT2D eigenvalue weighted by Gasteiger charge is -2.25. The van der Waals surface area contributed by atoms with Crippen LogP contribution in [0.4, 0.5) is 4.79 Å². The van der Waals surface area contributed by atoms with E-state index in [1.54, 1.807) is 0 Å². The van der Waals surface area contributed by atoms with Crippen molar-refractivity contribution in [3.8, 4) is 0 Å². The molecule has 1 N–H and O–H groups in total. The van der Waals surface area contributed by atoms with Gasteiger partial charge in [0.15, 0.2) is 5.78 Å². The second-order valence-electron chi connectivity index (χ2n) is 7.12. The zero-order valence-corrected chi connectivity index (χ0v) is 16.1. The van der Waals surface area contributed by atoms with Gasteiger partial charge in [-0.25, -0.2) is 4.79 Å². The smallest absolute Gasteiger partial charge is 0.319 e. The summed E-state index contributed by atoms with van der Waals surface area (Å²) in [5.74, 6) is -0.616. The van der Waals surface area contributed by atoms with Crippen molar-refractivity contribution in [3.63, 3.8) is 0 Å². The van der Waals surface area contributed by atoms with Crippen LogP contribution >= 0.6 is 0 Å². The fourth-order valence-electron chi connectivity index (χ4n) is 3.62. The number of rotatable bonds is 5. The molecule has 0 radical (unpaired) electrons. The number of amides is 3. The van der Waals surface area contributed by atoms with Crippen molar-refractivity contribution >= 4 is 17.7 Å². The first kappa shape index (κ1) is 18.8. The molecule has 1 heterocycles. The molecule has 0 unspecified atom stereocenters. The number of ketones is 1. The van der Waals surface area contributed by atoms with Gasteiger partial charge in [-0.15, -0.1) is 0 Å². The molecule has 1 aliphatic rings. The zero-order valence-electron chi connectivity index (χ0n) is 16.1. The SMILES string of the molecule is CC[C@]1(c2ccccc2)NC(=O)N(CC(=O)c2cc(C)c(C)cc2C)C1=O. The summed E-state index contributed by atoms with van der Waals surface area (Å²) in [6.07, 6.45) is 0.412. The van der Waals surface area contributed by atoms with Crippen LogP contribution in [0.5, 0.6) is 0 Å². The van der Waals surface area contributed by atoms with Crippen LogP contribution in [0.1, 0.15) is 46.0 Å². The molecule has 5 heteroatoms. The van der Waals surface area contributed by atoms with Crippen molar-refractivity contribution in [2.24, 2.45) is 0 Å². The number of aryl methyl sites for hydroxylation is 3. The Morgan fingerprint density at radius 1 is 1.00 bits per heavy atom. The quantitative estimate of drug-likeness (QED) is 0.650. The molecular weight excluding hydrogens is 340 g/mol. The summed E-state index contributed by atoms with van der Waals surface area (Å²) in [5, 5.41) is 2.81. The van der Waals surface area contributed by atoms with Crippen LogP contribution in [0, 0.1) is 20.8 Å². The van der Waals surface area contributed by atoms with Crippen LogP contribution < -0.4 is 5.32 Å². The number of urea groups is 1. The number of benzene rings is 2. The summed E-state index contributed by atoms with van der Waals surface area (Å²) in [4.78, 5) is 39.6. The number of nitrogens with zero attached hydrogens (tertiary/aromatic N) is 1. The minimum atomic E-state index is -1.11. The number of carbonyl (C=O) groups is 3. The van der Waals surface area contributed by atoms with Gasteiger partial charge in [0.25, 0.3) is 5.91 Å². The monoisotopic (exact) mass is 364 g/mol. The molecule has 1 atom stereocenters. The van der Waals surface area contributed by atoms with Crippen LogP contribution in [-0.2, 0) is 10.3 Å². The van der Waals surface area contributed by atoms with Crippen LogP contribution in [0.3, 0.4) is 0 Å². The standard InChI is InChI=1S/C22H24N2O3/c1-5-22(17-9-7-6-8-10-17)20(26)24(21(27)23-22)13-19(25)18-12-15(3)14(2)11-16(18)4/h6-12H,5,13H2,1-4H3,(H,23,27)/t22-/m1/s1. The van der Waals surface area contributed by atoms with E-state index < -0.39 is 11.6 Å². The summed E-state index contributed by atoms with van der Waals surface area (Å²) < 4.78 is 0.